The van der Waals surface area contributed by atoms with Gasteiger partial charge in [0, 0.05) is 24.7 Å². The molecule has 1 aliphatic rings. The first-order chi connectivity index (χ1) is 9.36. The highest BCUT2D eigenvalue weighted by atomic mass is 32.1. The lowest BCUT2D eigenvalue weighted by molar-refractivity contribution is 0.419. The summed E-state index contributed by atoms with van der Waals surface area (Å²) in [7, 11) is 0. The predicted molar refractivity (Wildman–Crippen MR) is 77.1 cm³/mol. The van der Waals surface area contributed by atoms with E-state index in [1.807, 2.05) is 23.2 Å². The molecule has 2 N–H and O–H groups in total. The SMILES string of the molecule is NCC1CCCN(c2nccc(-c3cscn3)n2)C1. The van der Waals surface area contributed by atoms with Gasteiger partial charge >= 0.3 is 0 Å². The van der Waals surface area contributed by atoms with Gasteiger partial charge in [-0.15, -0.1) is 11.3 Å². The summed E-state index contributed by atoms with van der Waals surface area (Å²) in [6.45, 7) is 2.70. The molecule has 2 aromatic heterocycles. The Kier molecular flexibility index (Phi) is 3.70. The number of thiazole rings is 1. The number of anilines is 1. The van der Waals surface area contributed by atoms with E-state index in [-0.39, 0.29) is 0 Å². The molecule has 19 heavy (non-hydrogen) atoms. The zero-order valence-electron chi connectivity index (χ0n) is 10.7. The van der Waals surface area contributed by atoms with Crippen LogP contribution in [0, 0.1) is 5.92 Å². The minimum Gasteiger partial charge on any atom is -0.340 e. The molecule has 1 aliphatic heterocycles. The Labute approximate surface area is 116 Å². The van der Waals surface area contributed by atoms with Crippen LogP contribution in [-0.4, -0.2) is 34.6 Å². The van der Waals surface area contributed by atoms with Crippen molar-refractivity contribution in [2.75, 3.05) is 24.5 Å². The molecule has 0 radical (unpaired) electrons. The highest BCUT2D eigenvalue weighted by Crippen LogP contribution is 2.22. The van der Waals surface area contributed by atoms with Crippen LogP contribution in [0.3, 0.4) is 0 Å². The van der Waals surface area contributed by atoms with E-state index < -0.39 is 0 Å². The molecular formula is C13H17N5S. The highest BCUT2D eigenvalue weighted by molar-refractivity contribution is 7.07. The van der Waals surface area contributed by atoms with Gasteiger partial charge in [-0.3, -0.25) is 0 Å². The molecule has 1 saturated heterocycles. The van der Waals surface area contributed by atoms with Crippen LogP contribution in [0.15, 0.2) is 23.2 Å². The summed E-state index contributed by atoms with van der Waals surface area (Å²) in [4.78, 5) is 15.5. The summed E-state index contributed by atoms with van der Waals surface area (Å²) in [5, 5.41) is 2.00. The van der Waals surface area contributed by atoms with Gasteiger partial charge in [0.05, 0.1) is 16.9 Å². The molecule has 2 aromatic rings. The van der Waals surface area contributed by atoms with Gasteiger partial charge in [-0.25, -0.2) is 15.0 Å². The van der Waals surface area contributed by atoms with E-state index >= 15 is 0 Å². The van der Waals surface area contributed by atoms with Gasteiger partial charge in [-0.2, -0.15) is 0 Å². The van der Waals surface area contributed by atoms with E-state index in [1.165, 1.54) is 6.42 Å². The maximum atomic E-state index is 5.77. The van der Waals surface area contributed by atoms with Crippen LogP contribution in [0.5, 0.6) is 0 Å². The van der Waals surface area contributed by atoms with Crippen LogP contribution in [0.2, 0.25) is 0 Å². The quantitative estimate of drug-likeness (QED) is 0.924. The first-order valence-corrected chi connectivity index (χ1v) is 7.47. The molecule has 0 aliphatic carbocycles. The molecule has 1 atom stereocenters. The lowest BCUT2D eigenvalue weighted by Crippen LogP contribution is -2.39. The fraction of sp³-hybridized carbons (Fsp3) is 0.462. The van der Waals surface area contributed by atoms with E-state index in [0.29, 0.717) is 5.92 Å². The maximum absolute atomic E-state index is 5.77. The summed E-state index contributed by atoms with van der Waals surface area (Å²) in [6.07, 6.45) is 4.17. The molecule has 0 amide bonds. The molecular weight excluding hydrogens is 258 g/mol. The Morgan fingerprint density at radius 2 is 2.32 bits per heavy atom. The predicted octanol–water partition coefficient (Wildman–Crippen LogP) is 1.78. The third kappa shape index (κ3) is 2.74. The third-order valence-electron chi connectivity index (χ3n) is 3.47. The monoisotopic (exact) mass is 275 g/mol. The average molecular weight is 275 g/mol. The van der Waals surface area contributed by atoms with Crippen molar-refractivity contribution in [3.8, 4) is 11.4 Å². The van der Waals surface area contributed by atoms with Gasteiger partial charge in [0.1, 0.15) is 0 Å². The molecule has 100 valence electrons. The van der Waals surface area contributed by atoms with Crippen molar-refractivity contribution in [1.29, 1.82) is 0 Å². The standard InChI is InChI=1S/C13H17N5S/c14-6-10-2-1-5-18(7-10)13-15-4-3-11(17-13)12-8-19-9-16-12/h3-4,8-10H,1-2,5-7,14H2. The largest absolute Gasteiger partial charge is 0.340 e. The zero-order chi connectivity index (χ0) is 13.1. The van der Waals surface area contributed by atoms with Crippen LogP contribution < -0.4 is 10.6 Å². The van der Waals surface area contributed by atoms with Crippen molar-refractivity contribution in [3.05, 3.63) is 23.2 Å². The van der Waals surface area contributed by atoms with E-state index in [9.17, 15) is 0 Å². The lowest BCUT2D eigenvalue weighted by atomic mass is 9.99. The van der Waals surface area contributed by atoms with Crippen molar-refractivity contribution in [1.82, 2.24) is 15.0 Å². The summed E-state index contributed by atoms with van der Waals surface area (Å²) in [6, 6.07) is 1.91. The van der Waals surface area contributed by atoms with E-state index in [1.54, 1.807) is 11.3 Å². The van der Waals surface area contributed by atoms with Crippen molar-refractivity contribution >= 4 is 17.3 Å². The highest BCUT2D eigenvalue weighted by Gasteiger charge is 2.21. The van der Waals surface area contributed by atoms with E-state index in [2.05, 4.69) is 19.9 Å². The van der Waals surface area contributed by atoms with Crippen molar-refractivity contribution in [2.24, 2.45) is 11.7 Å². The molecule has 1 unspecified atom stereocenters. The number of hydrogen-bond donors (Lipinski definition) is 1. The van der Waals surface area contributed by atoms with Crippen molar-refractivity contribution in [3.63, 3.8) is 0 Å². The molecule has 0 saturated carbocycles. The third-order valence-corrected chi connectivity index (χ3v) is 4.06. The molecule has 5 nitrogen and oxygen atoms in total. The summed E-state index contributed by atoms with van der Waals surface area (Å²) >= 11 is 1.58. The van der Waals surface area contributed by atoms with Gasteiger partial charge in [-0.05, 0) is 31.4 Å². The molecule has 1 fully saturated rings. The molecule has 6 heteroatoms. The number of nitrogens with zero attached hydrogens (tertiary/aromatic N) is 4. The second-order valence-corrected chi connectivity index (χ2v) is 5.52. The summed E-state index contributed by atoms with van der Waals surface area (Å²) in [5.41, 5.74) is 9.40. The van der Waals surface area contributed by atoms with E-state index in [0.717, 1.165) is 43.4 Å². The average Bonchev–Trinajstić information content (AvgIpc) is 3.02. The minimum absolute atomic E-state index is 0.556. The van der Waals surface area contributed by atoms with Gasteiger partial charge in [0.2, 0.25) is 5.95 Å². The van der Waals surface area contributed by atoms with E-state index in [4.69, 9.17) is 5.73 Å². The molecule has 3 rings (SSSR count). The number of aromatic nitrogens is 3. The summed E-state index contributed by atoms with van der Waals surface area (Å²) in [5.74, 6) is 1.35. The molecule has 3 heterocycles. The van der Waals surface area contributed by atoms with Crippen LogP contribution in [0.4, 0.5) is 5.95 Å². The van der Waals surface area contributed by atoms with Crippen molar-refractivity contribution in [2.45, 2.75) is 12.8 Å². The molecule has 0 bridgehead atoms. The first-order valence-electron chi connectivity index (χ1n) is 6.53. The van der Waals surface area contributed by atoms with Crippen LogP contribution in [0.25, 0.3) is 11.4 Å². The second kappa shape index (κ2) is 5.63. The maximum Gasteiger partial charge on any atom is 0.225 e. The minimum atomic E-state index is 0.556. The number of nitrogens with two attached hydrogens (primary N) is 1. The lowest BCUT2D eigenvalue weighted by Gasteiger charge is -2.32. The fourth-order valence-electron chi connectivity index (χ4n) is 2.42. The topological polar surface area (TPSA) is 67.9 Å². The normalized spacial score (nSPS) is 19.6. The Hall–Kier alpha value is -1.53. The van der Waals surface area contributed by atoms with Crippen LogP contribution in [0.1, 0.15) is 12.8 Å². The Bertz CT molecular complexity index is 528. The van der Waals surface area contributed by atoms with Crippen LogP contribution in [-0.2, 0) is 0 Å². The summed E-state index contributed by atoms with van der Waals surface area (Å²) < 4.78 is 0. The second-order valence-electron chi connectivity index (χ2n) is 4.81. The first kappa shape index (κ1) is 12.5. The van der Waals surface area contributed by atoms with Crippen molar-refractivity contribution < 1.29 is 0 Å². The van der Waals surface area contributed by atoms with Gasteiger partial charge in [0.15, 0.2) is 0 Å². The Morgan fingerprint density at radius 1 is 1.37 bits per heavy atom. The Morgan fingerprint density at radius 3 is 3.11 bits per heavy atom. The smallest absolute Gasteiger partial charge is 0.225 e. The number of hydrogen-bond acceptors (Lipinski definition) is 6. The number of piperidine rings is 1. The molecule has 0 spiro atoms. The van der Waals surface area contributed by atoms with Gasteiger partial charge in [0.25, 0.3) is 0 Å². The Balaban J connectivity index is 1.83. The zero-order valence-corrected chi connectivity index (χ0v) is 11.5. The van der Waals surface area contributed by atoms with Crippen LogP contribution >= 0.6 is 11.3 Å². The number of rotatable bonds is 3. The fourth-order valence-corrected chi connectivity index (χ4v) is 2.97. The van der Waals surface area contributed by atoms with Gasteiger partial charge in [-0.1, -0.05) is 0 Å². The molecule has 0 aromatic carbocycles. The van der Waals surface area contributed by atoms with Gasteiger partial charge < -0.3 is 10.6 Å².